The molecule has 0 aromatic heterocycles. The molecule has 2 rings (SSSR count). The fraction of sp³-hybridized carbons (Fsp3) is 0.600. The number of rotatable bonds is 6. The van der Waals surface area contributed by atoms with Crippen molar-refractivity contribution in [1.82, 2.24) is 4.90 Å². The van der Waals surface area contributed by atoms with Crippen molar-refractivity contribution in [2.24, 2.45) is 5.73 Å². The van der Waals surface area contributed by atoms with Crippen LogP contribution in [0.15, 0.2) is 12.1 Å². The van der Waals surface area contributed by atoms with Crippen molar-refractivity contribution in [3.8, 4) is 17.2 Å². The Bertz CT molecular complexity index is 436. The zero-order valence-electron chi connectivity index (χ0n) is 12.9. The number of benzene rings is 1. The van der Waals surface area contributed by atoms with E-state index in [0.29, 0.717) is 12.3 Å². The van der Waals surface area contributed by atoms with Crippen LogP contribution in [0.2, 0.25) is 0 Å². The monoisotopic (exact) mass is 296 g/mol. The van der Waals surface area contributed by atoms with Crippen LogP contribution in [0.25, 0.3) is 0 Å². The third-order valence-corrected chi connectivity index (χ3v) is 3.80. The van der Waals surface area contributed by atoms with Gasteiger partial charge >= 0.3 is 0 Å². The third kappa shape index (κ3) is 3.40. The second kappa shape index (κ2) is 7.49. The molecule has 1 fully saturated rings. The smallest absolute Gasteiger partial charge is 0.131 e. The van der Waals surface area contributed by atoms with Crippen LogP contribution in [0.3, 0.4) is 0 Å². The highest BCUT2D eigenvalue weighted by atomic mass is 16.5. The van der Waals surface area contributed by atoms with Gasteiger partial charge in [-0.25, -0.2) is 0 Å². The molecule has 0 unspecified atom stereocenters. The van der Waals surface area contributed by atoms with E-state index in [1.807, 2.05) is 12.1 Å². The van der Waals surface area contributed by atoms with Crippen molar-refractivity contribution in [3.63, 3.8) is 0 Å². The van der Waals surface area contributed by atoms with Crippen LogP contribution in [0.5, 0.6) is 17.2 Å². The summed E-state index contributed by atoms with van der Waals surface area (Å²) in [7, 11) is 4.91. The molecule has 2 N–H and O–H groups in total. The van der Waals surface area contributed by atoms with Crippen LogP contribution < -0.4 is 19.9 Å². The molecule has 1 aromatic carbocycles. The summed E-state index contributed by atoms with van der Waals surface area (Å²) in [6, 6.07) is 3.76. The molecule has 1 heterocycles. The van der Waals surface area contributed by atoms with Gasteiger partial charge < -0.3 is 24.7 Å². The first-order chi connectivity index (χ1) is 10.2. The predicted octanol–water partition coefficient (Wildman–Crippen LogP) is 1.04. The zero-order valence-corrected chi connectivity index (χ0v) is 12.9. The number of methoxy groups -OCH3 is 3. The maximum Gasteiger partial charge on any atom is 0.131 e. The van der Waals surface area contributed by atoms with Gasteiger partial charge in [0.25, 0.3) is 0 Å². The highest BCUT2D eigenvalue weighted by molar-refractivity contribution is 5.52. The quantitative estimate of drug-likeness (QED) is 0.846. The van der Waals surface area contributed by atoms with Crippen molar-refractivity contribution in [2.75, 3.05) is 54.2 Å². The van der Waals surface area contributed by atoms with Crippen LogP contribution in [-0.2, 0) is 4.74 Å². The summed E-state index contributed by atoms with van der Waals surface area (Å²) >= 11 is 0. The molecule has 1 atom stereocenters. The van der Waals surface area contributed by atoms with Crippen molar-refractivity contribution in [2.45, 2.75) is 6.04 Å². The van der Waals surface area contributed by atoms with E-state index in [2.05, 4.69) is 4.90 Å². The second-order valence-corrected chi connectivity index (χ2v) is 4.85. The van der Waals surface area contributed by atoms with E-state index in [-0.39, 0.29) is 6.04 Å². The largest absolute Gasteiger partial charge is 0.496 e. The average molecular weight is 296 g/mol. The van der Waals surface area contributed by atoms with Gasteiger partial charge in [-0.3, -0.25) is 4.90 Å². The van der Waals surface area contributed by atoms with Gasteiger partial charge in [0, 0.05) is 31.8 Å². The first-order valence-electron chi connectivity index (χ1n) is 7.06. The highest BCUT2D eigenvalue weighted by Gasteiger charge is 2.28. The highest BCUT2D eigenvalue weighted by Crippen LogP contribution is 2.40. The minimum atomic E-state index is 0.0321. The van der Waals surface area contributed by atoms with Gasteiger partial charge in [-0.05, 0) is 0 Å². The molecule has 1 aromatic rings. The fourth-order valence-corrected chi connectivity index (χ4v) is 2.70. The normalized spacial score (nSPS) is 17.3. The molecule has 1 saturated heterocycles. The van der Waals surface area contributed by atoms with E-state index >= 15 is 0 Å². The lowest BCUT2D eigenvalue weighted by Gasteiger charge is -2.35. The average Bonchev–Trinajstić information content (AvgIpc) is 2.56. The Labute approximate surface area is 125 Å². The molecule has 0 aliphatic carbocycles. The predicted molar refractivity (Wildman–Crippen MR) is 80.3 cm³/mol. The molecule has 21 heavy (non-hydrogen) atoms. The Morgan fingerprint density at radius 3 is 2.10 bits per heavy atom. The molecule has 6 nitrogen and oxygen atoms in total. The van der Waals surface area contributed by atoms with Gasteiger partial charge in [-0.15, -0.1) is 0 Å². The van der Waals surface area contributed by atoms with E-state index in [1.165, 1.54) is 0 Å². The molecule has 0 saturated carbocycles. The number of hydrogen-bond donors (Lipinski definition) is 1. The summed E-state index contributed by atoms with van der Waals surface area (Å²) < 4.78 is 21.8. The minimum Gasteiger partial charge on any atom is -0.496 e. The van der Waals surface area contributed by atoms with Crippen molar-refractivity contribution in [3.05, 3.63) is 17.7 Å². The molecule has 1 aliphatic heterocycles. The number of ether oxygens (including phenoxy) is 4. The standard InChI is InChI=1S/C15H24N2O4/c1-18-11-8-13(19-2)15(14(9-11)20-3)12(10-16)17-4-6-21-7-5-17/h8-9,12H,4-7,10,16H2,1-3H3/t12-/m0/s1. The van der Waals surface area contributed by atoms with Crippen molar-refractivity contribution in [1.29, 1.82) is 0 Å². The van der Waals surface area contributed by atoms with E-state index in [9.17, 15) is 0 Å². The van der Waals surface area contributed by atoms with Gasteiger partial charge in [0.15, 0.2) is 0 Å². The molecular formula is C15H24N2O4. The Morgan fingerprint density at radius 2 is 1.67 bits per heavy atom. The zero-order chi connectivity index (χ0) is 15.2. The molecule has 0 spiro atoms. The van der Waals surface area contributed by atoms with Gasteiger partial charge in [-0.2, -0.15) is 0 Å². The maximum atomic E-state index is 6.03. The topological polar surface area (TPSA) is 66.2 Å². The Kier molecular flexibility index (Phi) is 5.67. The number of morpholine rings is 1. The Hall–Kier alpha value is -1.50. The second-order valence-electron chi connectivity index (χ2n) is 4.85. The van der Waals surface area contributed by atoms with E-state index < -0.39 is 0 Å². The SMILES string of the molecule is COc1cc(OC)c([C@H](CN)N2CCOCC2)c(OC)c1. The van der Waals surface area contributed by atoms with Crippen LogP contribution in [0, 0.1) is 0 Å². The van der Waals surface area contributed by atoms with E-state index in [1.54, 1.807) is 21.3 Å². The van der Waals surface area contributed by atoms with Gasteiger partial charge in [-0.1, -0.05) is 0 Å². The summed E-state index contributed by atoms with van der Waals surface area (Å²) in [5.74, 6) is 2.16. The molecule has 0 amide bonds. The van der Waals surface area contributed by atoms with Crippen LogP contribution in [0.4, 0.5) is 0 Å². The van der Waals surface area contributed by atoms with Gasteiger partial charge in [0.05, 0.1) is 46.1 Å². The molecule has 0 bridgehead atoms. The lowest BCUT2D eigenvalue weighted by Crippen LogP contribution is -2.42. The summed E-state index contributed by atoms with van der Waals surface area (Å²) in [5, 5.41) is 0. The van der Waals surface area contributed by atoms with Gasteiger partial charge in [0.2, 0.25) is 0 Å². The third-order valence-electron chi connectivity index (χ3n) is 3.80. The molecule has 0 radical (unpaired) electrons. The fourth-order valence-electron chi connectivity index (χ4n) is 2.70. The lowest BCUT2D eigenvalue weighted by atomic mass is 10.0. The molecule has 6 heteroatoms. The number of nitrogens with zero attached hydrogens (tertiary/aromatic N) is 1. The molecular weight excluding hydrogens is 272 g/mol. The van der Waals surface area contributed by atoms with Crippen LogP contribution in [0.1, 0.15) is 11.6 Å². The number of nitrogens with two attached hydrogens (primary N) is 1. The van der Waals surface area contributed by atoms with Crippen molar-refractivity contribution >= 4 is 0 Å². The summed E-state index contributed by atoms with van der Waals surface area (Å²) in [6.45, 7) is 3.62. The Morgan fingerprint density at radius 1 is 1.10 bits per heavy atom. The minimum absolute atomic E-state index is 0.0321. The first-order valence-corrected chi connectivity index (χ1v) is 7.06. The van der Waals surface area contributed by atoms with E-state index in [0.717, 1.165) is 43.4 Å². The number of hydrogen-bond acceptors (Lipinski definition) is 6. The van der Waals surface area contributed by atoms with Crippen LogP contribution in [-0.4, -0.2) is 59.1 Å². The van der Waals surface area contributed by atoms with Crippen molar-refractivity contribution < 1.29 is 18.9 Å². The lowest BCUT2D eigenvalue weighted by molar-refractivity contribution is 0.0169. The molecule has 118 valence electrons. The van der Waals surface area contributed by atoms with Crippen LogP contribution >= 0.6 is 0 Å². The summed E-state index contributed by atoms with van der Waals surface area (Å²) in [4.78, 5) is 2.30. The summed E-state index contributed by atoms with van der Waals surface area (Å²) in [6.07, 6.45) is 0. The Balaban J connectivity index is 2.42. The van der Waals surface area contributed by atoms with Gasteiger partial charge in [0.1, 0.15) is 17.2 Å². The molecule has 1 aliphatic rings. The summed E-state index contributed by atoms with van der Waals surface area (Å²) in [5.41, 5.74) is 6.99. The van der Waals surface area contributed by atoms with E-state index in [4.69, 9.17) is 24.7 Å². The maximum absolute atomic E-state index is 6.03. The first kappa shape index (κ1) is 15.9.